The molecule has 1 heterocycles. The maximum atomic E-state index is 6.18. The van der Waals surface area contributed by atoms with Crippen LogP contribution in [0, 0.1) is 24.5 Å². The molecule has 0 radical (unpaired) electrons. The minimum absolute atomic E-state index is 0.712. The topological polar surface area (TPSA) is 17.8 Å². The molecule has 0 saturated heterocycles. The summed E-state index contributed by atoms with van der Waals surface area (Å²) in [6.45, 7) is 2.13. The van der Waals surface area contributed by atoms with E-state index in [-0.39, 0.29) is 0 Å². The molecule has 8 aromatic rings. The molecule has 0 fully saturated rings. The van der Waals surface area contributed by atoms with Crippen molar-refractivity contribution in [2.45, 2.75) is 6.92 Å². The number of imidazole rings is 1. The predicted molar refractivity (Wildman–Crippen MR) is 202 cm³/mol. The van der Waals surface area contributed by atoms with Crippen molar-refractivity contribution >= 4 is 43.7 Å². The molecule has 0 aliphatic heterocycles. The fraction of sp³-hybridized carbons (Fsp3) is 0.0217. The summed E-state index contributed by atoms with van der Waals surface area (Å²) < 4.78 is 2.14. The molecule has 0 unspecified atom stereocenters. The molecule has 0 amide bonds. The van der Waals surface area contributed by atoms with Crippen molar-refractivity contribution in [1.82, 2.24) is 9.55 Å². The molecule has 0 aliphatic rings. The highest BCUT2D eigenvalue weighted by Crippen LogP contribution is 2.44. The number of para-hydroxylation sites is 3. The van der Waals surface area contributed by atoms with Gasteiger partial charge in [-0.1, -0.05) is 127 Å². The first-order chi connectivity index (χ1) is 23.7. The Morgan fingerprint density at radius 3 is 1.88 bits per heavy atom. The average molecular weight is 611 g/mol. The van der Waals surface area contributed by atoms with E-state index in [9.17, 15) is 0 Å². The van der Waals surface area contributed by atoms with E-state index in [1.165, 1.54) is 33.0 Å². The van der Waals surface area contributed by atoms with Crippen molar-refractivity contribution in [1.29, 1.82) is 0 Å². The van der Waals surface area contributed by atoms with Crippen molar-refractivity contribution in [3.05, 3.63) is 181 Å². The van der Waals surface area contributed by atoms with E-state index in [2.05, 4.69) is 145 Å². The number of rotatable bonds is 6. The minimum Gasteiger partial charge on any atom is -0.292 e. The monoisotopic (exact) mass is 610 g/mol. The van der Waals surface area contributed by atoms with Gasteiger partial charge in [0.05, 0.1) is 16.6 Å². The quantitative estimate of drug-likeness (QED) is 0.135. The fourth-order valence-electron chi connectivity index (χ4n) is 6.67. The highest BCUT2D eigenvalue weighted by atomic mass is 15.1. The number of hydrogen-bond donors (Lipinski definition) is 0. The molecule has 2 heteroatoms. The highest BCUT2D eigenvalue weighted by molar-refractivity contribution is 6.21. The molecule has 0 spiro atoms. The second-order valence-corrected chi connectivity index (χ2v) is 11.8. The van der Waals surface area contributed by atoms with Crippen molar-refractivity contribution in [3.8, 4) is 40.3 Å². The predicted octanol–water partition coefficient (Wildman–Crippen LogP) is 11.4. The van der Waals surface area contributed by atoms with Gasteiger partial charge in [-0.25, -0.2) is 4.98 Å². The Morgan fingerprint density at radius 1 is 0.646 bits per heavy atom. The van der Waals surface area contributed by atoms with Gasteiger partial charge in [0.1, 0.15) is 0 Å². The summed E-state index contributed by atoms with van der Waals surface area (Å²) >= 11 is 0. The third kappa shape index (κ3) is 5.03. The van der Waals surface area contributed by atoms with E-state index in [4.69, 9.17) is 11.4 Å². The molecule has 224 valence electrons. The lowest BCUT2D eigenvalue weighted by atomic mass is 9.85. The van der Waals surface area contributed by atoms with E-state index in [0.717, 1.165) is 44.5 Å². The van der Waals surface area contributed by atoms with Gasteiger partial charge in [0.25, 0.3) is 0 Å². The highest BCUT2D eigenvalue weighted by Gasteiger charge is 2.18. The summed E-state index contributed by atoms with van der Waals surface area (Å²) in [6, 6.07) is 57.0. The minimum atomic E-state index is 0.712. The van der Waals surface area contributed by atoms with E-state index < -0.39 is 0 Å². The number of aromatic nitrogens is 2. The molecule has 0 aliphatic carbocycles. The molecule has 48 heavy (non-hydrogen) atoms. The lowest BCUT2D eigenvalue weighted by molar-refractivity contribution is 1.06. The SMILES string of the molecule is C#C/C(=C\C=C(/C)c1ccc2c(-c3ccccc3)c3cc#ccc3c(-c3ccccc3)c2c1)c1nc2ccccc2n1-c1ccccc1. The first-order valence-corrected chi connectivity index (χ1v) is 16.0. The second kappa shape index (κ2) is 12.3. The van der Waals surface area contributed by atoms with Crippen LogP contribution >= 0.6 is 0 Å². The maximum Gasteiger partial charge on any atom is 0.154 e. The molecule has 0 atom stereocenters. The molecular weight excluding hydrogens is 581 g/mol. The largest absolute Gasteiger partial charge is 0.292 e. The first kappa shape index (κ1) is 28.8. The van der Waals surface area contributed by atoms with Gasteiger partial charge in [0, 0.05) is 5.69 Å². The summed E-state index contributed by atoms with van der Waals surface area (Å²) in [7, 11) is 0. The molecule has 1 aromatic heterocycles. The summed E-state index contributed by atoms with van der Waals surface area (Å²) in [5.74, 6) is 3.67. The van der Waals surface area contributed by atoms with Crippen LogP contribution in [0.2, 0.25) is 0 Å². The lowest BCUT2D eigenvalue weighted by Crippen LogP contribution is -2.00. The van der Waals surface area contributed by atoms with Gasteiger partial charge in [0.2, 0.25) is 0 Å². The molecule has 0 N–H and O–H groups in total. The number of nitrogens with zero attached hydrogens (tertiary/aromatic N) is 2. The van der Waals surface area contributed by atoms with Gasteiger partial charge < -0.3 is 0 Å². The van der Waals surface area contributed by atoms with Crippen LogP contribution in [0.5, 0.6) is 0 Å². The van der Waals surface area contributed by atoms with Crippen LogP contribution in [0.25, 0.3) is 71.7 Å². The van der Waals surface area contributed by atoms with Crippen molar-refractivity contribution < 1.29 is 0 Å². The Labute approximate surface area is 281 Å². The van der Waals surface area contributed by atoms with Crippen LogP contribution in [0.4, 0.5) is 0 Å². The van der Waals surface area contributed by atoms with E-state index in [1.54, 1.807) is 0 Å². The average Bonchev–Trinajstić information content (AvgIpc) is 3.54. The van der Waals surface area contributed by atoms with Gasteiger partial charge in [-0.05, 0) is 110 Å². The third-order valence-corrected chi connectivity index (χ3v) is 8.96. The van der Waals surface area contributed by atoms with E-state index >= 15 is 0 Å². The summed E-state index contributed by atoms with van der Waals surface area (Å²) in [4.78, 5) is 4.98. The molecule has 7 aromatic carbocycles. The summed E-state index contributed by atoms with van der Waals surface area (Å²) in [5.41, 5.74) is 10.6. The fourth-order valence-corrected chi connectivity index (χ4v) is 6.67. The van der Waals surface area contributed by atoms with Gasteiger partial charge in [0.15, 0.2) is 5.82 Å². The Morgan fingerprint density at radius 2 is 1.23 bits per heavy atom. The molecular formula is C46H30N2. The maximum absolute atomic E-state index is 6.18. The zero-order chi connectivity index (χ0) is 32.5. The normalized spacial score (nSPS) is 11.9. The Kier molecular flexibility index (Phi) is 7.39. The van der Waals surface area contributed by atoms with Crippen molar-refractivity contribution in [2.24, 2.45) is 0 Å². The number of hydrogen-bond acceptors (Lipinski definition) is 1. The number of benzene rings is 6. The molecule has 0 saturated carbocycles. The van der Waals surface area contributed by atoms with Gasteiger partial charge in [-0.15, -0.1) is 6.42 Å². The second-order valence-electron chi connectivity index (χ2n) is 11.8. The smallest absolute Gasteiger partial charge is 0.154 e. The van der Waals surface area contributed by atoms with Gasteiger partial charge in [-0.3, -0.25) is 4.57 Å². The van der Waals surface area contributed by atoms with Crippen molar-refractivity contribution in [3.63, 3.8) is 0 Å². The standard InChI is InChI=1S/C46H30N2/c1-3-33(46-47-42-25-15-16-26-43(42)48(46)37-21-11-6-12-22-37)28-27-32(2)36-29-30-40-41(31-36)45(35-19-9-5-10-20-35)39-24-14-13-23-38(39)44(40)34-17-7-4-8-18-34/h1,4-12,15-31H,2H3/b32-27+,33-28+. The van der Waals surface area contributed by atoms with Crippen molar-refractivity contribution in [2.75, 3.05) is 0 Å². The Hall–Kier alpha value is -6.61. The first-order valence-electron chi connectivity index (χ1n) is 16.0. The van der Waals surface area contributed by atoms with Crippen LogP contribution in [0.15, 0.2) is 158 Å². The van der Waals surface area contributed by atoms with E-state index in [0.29, 0.717) is 5.57 Å². The van der Waals surface area contributed by atoms with Gasteiger partial charge >= 0.3 is 0 Å². The van der Waals surface area contributed by atoms with Crippen LogP contribution < -0.4 is 0 Å². The zero-order valence-electron chi connectivity index (χ0n) is 26.5. The third-order valence-electron chi connectivity index (χ3n) is 8.96. The van der Waals surface area contributed by atoms with Crippen LogP contribution in [0.3, 0.4) is 0 Å². The molecule has 2 nitrogen and oxygen atoms in total. The summed E-state index contributed by atoms with van der Waals surface area (Å²) in [6.07, 6.45) is 10.3. The Balaban J connectivity index is 1.32. The van der Waals surface area contributed by atoms with Gasteiger partial charge in [-0.2, -0.15) is 0 Å². The van der Waals surface area contributed by atoms with Crippen LogP contribution in [-0.2, 0) is 0 Å². The van der Waals surface area contributed by atoms with Crippen LogP contribution in [-0.4, -0.2) is 9.55 Å². The van der Waals surface area contributed by atoms with E-state index in [1.807, 2.05) is 42.5 Å². The van der Waals surface area contributed by atoms with Crippen LogP contribution in [0.1, 0.15) is 18.3 Å². The number of allylic oxidation sites excluding steroid dienone is 4. The number of fused-ring (bicyclic) bond motifs is 3. The Bertz CT molecular complexity index is 2550. The zero-order valence-corrected chi connectivity index (χ0v) is 26.5. The summed E-state index contributed by atoms with van der Waals surface area (Å²) in [5, 5.41) is 4.69. The molecule has 8 rings (SSSR count). The lowest BCUT2D eigenvalue weighted by Gasteiger charge is -2.18. The number of terminal acetylenes is 1. The molecule has 0 bridgehead atoms.